The van der Waals surface area contributed by atoms with Gasteiger partial charge in [-0.15, -0.1) is 0 Å². The Morgan fingerprint density at radius 1 is 0.725 bits per heavy atom. The van der Waals surface area contributed by atoms with E-state index >= 15 is 0 Å². The van der Waals surface area contributed by atoms with Gasteiger partial charge < -0.3 is 40.6 Å². The van der Waals surface area contributed by atoms with E-state index in [1.54, 1.807) is 65.8 Å². The van der Waals surface area contributed by atoms with Crippen LogP contribution >= 0.6 is 0 Å². The van der Waals surface area contributed by atoms with Crippen LogP contribution in [0.4, 0.5) is 18.4 Å². The average Bonchev–Trinajstić information content (AvgIpc) is 3.01. The van der Waals surface area contributed by atoms with Crippen molar-refractivity contribution in [2.24, 2.45) is 5.73 Å². The molecular formula is C37H45F2N5O7. The molecule has 14 heteroatoms. The zero-order valence-corrected chi connectivity index (χ0v) is 29.6. The normalized spacial score (nSPS) is 16.0. The standard InChI is InChI=1S/C37H45F2N5O7/c1-36(2,3)50-34(46)42-20-21-7-13-26(14-8-21)48-27-15-23(16-28(19-27)49-31-29(38)17-22(32(40)41)18-30(31)39)33(45)43-24-9-11-25(12-10-24)44-35(47)51-37(4,5)6/h7-8,13-19,24-25H,9-12,20H2,1-6H3,(H3,40,41)(H,42,46)(H,43,45)(H,44,47). The molecule has 0 spiro atoms. The summed E-state index contributed by atoms with van der Waals surface area (Å²) in [4.78, 5) is 37.7. The fourth-order valence-electron chi connectivity index (χ4n) is 5.18. The lowest BCUT2D eigenvalue weighted by atomic mass is 9.91. The van der Waals surface area contributed by atoms with Gasteiger partial charge in [0, 0.05) is 35.8 Å². The van der Waals surface area contributed by atoms with E-state index in [0.29, 0.717) is 31.4 Å². The number of halogens is 2. The average molecular weight is 710 g/mol. The van der Waals surface area contributed by atoms with Crippen molar-refractivity contribution in [2.45, 2.75) is 97.1 Å². The van der Waals surface area contributed by atoms with Crippen molar-refractivity contribution in [2.75, 3.05) is 0 Å². The molecule has 1 aliphatic rings. The van der Waals surface area contributed by atoms with Gasteiger partial charge in [0.05, 0.1) is 0 Å². The first-order valence-electron chi connectivity index (χ1n) is 16.5. The second-order valence-electron chi connectivity index (χ2n) is 14.2. The third kappa shape index (κ3) is 12.2. The Bertz CT molecular complexity index is 1720. The molecule has 12 nitrogen and oxygen atoms in total. The third-order valence-corrected chi connectivity index (χ3v) is 7.45. The lowest BCUT2D eigenvalue weighted by Crippen LogP contribution is -2.45. The van der Waals surface area contributed by atoms with Gasteiger partial charge in [-0.1, -0.05) is 12.1 Å². The lowest BCUT2D eigenvalue weighted by Gasteiger charge is -2.30. The molecule has 0 aromatic heterocycles. The summed E-state index contributed by atoms with van der Waals surface area (Å²) in [5, 5.41) is 16.0. The minimum absolute atomic E-state index is 0.0884. The summed E-state index contributed by atoms with van der Waals surface area (Å²) in [5.74, 6) is -3.49. The number of nitrogen functional groups attached to an aromatic ring is 1. The van der Waals surface area contributed by atoms with Crippen LogP contribution in [0.25, 0.3) is 0 Å². The highest BCUT2D eigenvalue weighted by Crippen LogP contribution is 2.34. The van der Waals surface area contributed by atoms with Crippen LogP contribution in [-0.4, -0.2) is 47.2 Å². The van der Waals surface area contributed by atoms with Gasteiger partial charge in [0.15, 0.2) is 17.4 Å². The van der Waals surface area contributed by atoms with E-state index in [0.717, 1.165) is 17.7 Å². The molecule has 0 bridgehead atoms. The Hall–Kier alpha value is -5.40. The van der Waals surface area contributed by atoms with Gasteiger partial charge in [-0.25, -0.2) is 18.4 Å². The van der Waals surface area contributed by atoms with E-state index in [2.05, 4.69) is 16.0 Å². The Morgan fingerprint density at radius 2 is 1.24 bits per heavy atom. The Morgan fingerprint density at radius 3 is 1.76 bits per heavy atom. The molecule has 4 rings (SSSR count). The molecule has 3 amide bonds. The first-order chi connectivity index (χ1) is 23.8. The van der Waals surface area contributed by atoms with Gasteiger partial charge >= 0.3 is 12.2 Å². The van der Waals surface area contributed by atoms with Crippen molar-refractivity contribution in [3.63, 3.8) is 0 Å². The summed E-state index contributed by atoms with van der Waals surface area (Å²) in [7, 11) is 0. The van der Waals surface area contributed by atoms with Crippen molar-refractivity contribution in [1.82, 2.24) is 16.0 Å². The van der Waals surface area contributed by atoms with E-state index < -0.39 is 52.5 Å². The quantitative estimate of drug-likeness (QED) is 0.107. The molecule has 1 fully saturated rings. The second kappa shape index (κ2) is 16.1. The molecule has 3 aromatic rings. The van der Waals surface area contributed by atoms with Crippen LogP contribution in [0.2, 0.25) is 0 Å². The number of carbonyl (C=O) groups excluding carboxylic acids is 3. The molecule has 0 unspecified atom stereocenters. The van der Waals surface area contributed by atoms with Gasteiger partial charge in [-0.05, 0) is 109 Å². The number of amidine groups is 1. The number of nitrogens with two attached hydrogens (primary N) is 1. The summed E-state index contributed by atoms with van der Waals surface area (Å²) in [5.41, 5.74) is 4.86. The topological polar surface area (TPSA) is 174 Å². The number of amides is 3. The zero-order chi connectivity index (χ0) is 37.5. The van der Waals surface area contributed by atoms with Crippen molar-refractivity contribution in [3.8, 4) is 23.0 Å². The molecule has 1 saturated carbocycles. The highest BCUT2D eigenvalue weighted by Gasteiger charge is 2.26. The van der Waals surface area contributed by atoms with Gasteiger partial charge in [-0.3, -0.25) is 10.2 Å². The van der Waals surface area contributed by atoms with E-state index in [1.807, 2.05) is 0 Å². The number of rotatable bonds is 10. The molecule has 0 heterocycles. The lowest BCUT2D eigenvalue weighted by molar-refractivity contribution is 0.0485. The predicted molar refractivity (Wildman–Crippen MR) is 186 cm³/mol. The van der Waals surface area contributed by atoms with E-state index in [4.69, 9.17) is 30.1 Å². The predicted octanol–water partition coefficient (Wildman–Crippen LogP) is 7.42. The van der Waals surface area contributed by atoms with Gasteiger partial charge in [0.1, 0.15) is 34.3 Å². The summed E-state index contributed by atoms with van der Waals surface area (Å²) >= 11 is 0. The molecule has 0 radical (unpaired) electrons. The Labute approximate surface area is 295 Å². The maximum absolute atomic E-state index is 14.9. The van der Waals surface area contributed by atoms with Crippen LogP contribution in [0.15, 0.2) is 54.6 Å². The van der Waals surface area contributed by atoms with Gasteiger partial charge in [-0.2, -0.15) is 0 Å². The van der Waals surface area contributed by atoms with Crippen LogP contribution in [0.1, 0.15) is 88.7 Å². The van der Waals surface area contributed by atoms with Crippen LogP contribution < -0.4 is 31.2 Å². The fraction of sp³-hybridized carbons (Fsp3) is 0.405. The Kier molecular flexibility index (Phi) is 12.1. The van der Waals surface area contributed by atoms with Crippen LogP contribution in [0.3, 0.4) is 0 Å². The minimum atomic E-state index is -1.09. The fourth-order valence-corrected chi connectivity index (χ4v) is 5.18. The van der Waals surface area contributed by atoms with Crippen LogP contribution in [-0.2, 0) is 16.0 Å². The van der Waals surface area contributed by atoms with Crippen LogP contribution in [0, 0.1) is 17.0 Å². The zero-order valence-electron chi connectivity index (χ0n) is 29.6. The summed E-state index contributed by atoms with van der Waals surface area (Å²) < 4.78 is 52.0. The van der Waals surface area contributed by atoms with E-state index in [1.165, 1.54) is 18.2 Å². The SMILES string of the molecule is CC(C)(C)OC(=O)NCc1ccc(Oc2cc(Oc3c(F)cc(C(=N)N)cc3F)cc(C(=O)NC3CCC(NC(=O)OC(C)(C)C)CC3)c2)cc1. The summed E-state index contributed by atoms with van der Waals surface area (Å²) in [6.45, 7) is 10.9. The van der Waals surface area contributed by atoms with Gasteiger partial charge in [0.2, 0.25) is 0 Å². The molecule has 51 heavy (non-hydrogen) atoms. The minimum Gasteiger partial charge on any atom is -0.457 e. The highest BCUT2D eigenvalue weighted by molar-refractivity contribution is 5.96. The molecule has 0 aliphatic heterocycles. The number of alkyl carbamates (subject to hydrolysis) is 2. The molecule has 274 valence electrons. The maximum atomic E-state index is 14.9. The second-order valence-corrected chi connectivity index (χ2v) is 14.2. The number of carbonyl (C=O) groups is 3. The molecule has 6 N–H and O–H groups in total. The number of hydrogen-bond acceptors (Lipinski definition) is 8. The van der Waals surface area contributed by atoms with Crippen LogP contribution in [0.5, 0.6) is 23.0 Å². The molecule has 3 aromatic carbocycles. The van der Waals surface area contributed by atoms with Gasteiger partial charge in [0.25, 0.3) is 5.91 Å². The first-order valence-corrected chi connectivity index (χ1v) is 16.5. The summed E-state index contributed by atoms with van der Waals surface area (Å²) in [6, 6.07) is 12.4. The Balaban J connectivity index is 1.49. The molecule has 0 saturated heterocycles. The smallest absolute Gasteiger partial charge is 0.407 e. The van der Waals surface area contributed by atoms with E-state index in [-0.39, 0.29) is 41.3 Å². The maximum Gasteiger partial charge on any atom is 0.407 e. The van der Waals surface area contributed by atoms with Crippen molar-refractivity contribution in [1.29, 1.82) is 5.41 Å². The highest BCUT2D eigenvalue weighted by atomic mass is 19.1. The number of nitrogens with one attached hydrogen (secondary N) is 4. The van der Waals surface area contributed by atoms with Crippen molar-refractivity contribution >= 4 is 23.9 Å². The third-order valence-electron chi connectivity index (χ3n) is 7.45. The summed E-state index contributed by atoms with van der Waals surface area (Å²) in [6.07, 6.45) is 1.40. The largest absolute Gasteiger partial charge is 0.457 e. The first kappa shape index (κ1) is 38.4. The van der Waals surface area contributed by atoms with Crippen molar-refractivity contribution < 1.29 is 42.1 Å². The number of benzene rings is 3. The number of ether oxygens (including phenoxy) is 4. The van der Waals surface area contributed by atoms with Crippen molar-refractivity contribution in [3.05, 3.63) is 82.9 Å². The monoisotopic (exact) mass is 709 g/mol. The molecule has 1 aliphatic carbocycles. The molecular weight excluding hydrogens is 664 g/mol. The molecule has 0 atom stereocenters. The van der Waals surface area contributed by atoms with E-state index in [9.17, 15) is 23.2 Å². The number of hydrogen-bond donors (Lipinski definition) is 5.